The lowest BCUT2D eigenvalue weighted by Gasteiger charge is -2.32. The van der Waals surface area contributed by atoms with E-state index in [1.807, 2.05) is 0 Å². The van der Waals surface area contributed by atoms with Crippen LogP contribution in [0.4, 0.5) is 4.79 Å². The number of likely N-dealkylation sites (tertiary alicyclic amines) is 1. The van der Waals surface area contributed by atoms with Crippen molar-refractivity contribution in [3.8, 4) is 0 Å². The summed E-state index contributed by atoms with van der Waals surface area (Å²) in [5, 5.41) is 16.2. The molecular weight excluding hydrogens is 326 g/mol. The molecule has 1 aromatic carbocycles. The second-order valence-corrected chi connectivity index (χ2v) is 8.06. The number of urea groups is 1. The first-order chi connectivity index (χ1) is 12.6. The van der Waals surface area contributed by atoms with E-state index in [1.54, 1.807) is 0 Å². The van der Waals surface area contributed by atoms with Crippen LogP contribution in [0, 0.1) is 5.92 Å². The Balaban J connectivity index is 1.28. The predicted octanol–water partition coefficient (Wildman–Crippen LogP) is 2.89. The van der Waals surface area contributed by atoms with E-state index >= 15 is 0 Å². The number of rotatable bonds is 7. The fraction of sp³-hybridized carbons (Fsp3) is 0.667. The highest BCUT2D eigenvalue weighted by atomic mass is 16.3. The Bertz CT molecular complexity index is 558. The largest absolute Gasteiger partial charge is 0.388 e. The lowest BCUT2D eigenvalue weighted by atomic mass is 9.85. The standard InChI is InChI=1S/C21H33N3O2/c25-20(23-17-21(26)11-5-2-6-12-21)22-13-9-19-10-14-24(16-19)15-18-7-3-1-4-8-18/h1,3-4,7-8,19,26H,2,5-6,9-17H2,(H2,22,23,25). The van der Waals surface area contributed by atoms with Crippen LogP contribution in [0.2, 0.25) is 0 Å². The third-order valence-electron chi connectivity index (χ3n) is 5.82. The fourth-order valence-electron chi connectivity index (χ4n) is 4.22. The molecule has 1 aliphatic heterocycles. The van der Waals surface area contributed by atoms with Crippen molar-refractivity contribution in [2.45, 2.75) is 57.1 Å². The number of carbonyl (C=O) groups excluding carboxylic acids is 1. The van der Waals surface area contributed by atoms with Crippen LogP contribution in [0.3, 0.4) is 0 Å². The second kappa shape index (κ2) is 9.38. The van der Waals surface area contributed by atoms with Crippen LogP contribution in [0.15, 0.2) is 30.3 Å². The summed E-state index contributed by atoms with van der Waals surface area (Å²) < 4.78 is 0. The van der Waals surface area contributed by atoms with Crippen molar-refractivity contribution in [1.82, 2.24) is 15.5 Å². The molecule has 5 nitrogen and oxygen atoms in total. The minimum absolute atomic E-state index is 0.150. The van der Waals surface area contributed by atoms with Crippen molar-refractivity contribution in [3.05, 3.63) is 35.9 Å². The van der Waals surface area contributed by atoms with Gasteiger partial charge in [-0.25, -0.2) is 4.79 Å². The summed E-state index contributed by atoms with van der Waals surface area (Å²) in [6.45, 7) is 4.34. The van der Waals surface area contributed by atoms with Crippen LogP contribution < -0.4 is 10.6 Å². The quantitative estimate of drug-likeness (QED) is 0.701. The summed E-state index contributed by atoms with van der Waals surface area (Å²) in [6.07, 6.45) is 7.12. The first-order valence-electron chi connectivity index (χ1n) is 10.1. The number of carbonyl (C=O) groups is 1. The lowest BCUT2D eigenvalue weighted by Crippen LogP contribution is -2.47. The maximum atomic E-state index is 12.0. The van der Waals surface area contributed by atoms with E-state index in [0.717, 1.165) is 51.7 Å². The van der Waals surface area contributed by atoms with Gasteiger partial charge in [-0.3, -0.25) is 4.90 Å². The van der Waals surface area contributed by atoms with Gasteiger partial charge < -0.3 is 15.7 Å². The SMILES string of the molecule is O=C(NCCC1CCN(Cc2ccccc2)C1)NCC1(O)CCCCC1. The molecule has 0 spiro atoms. The molecule has 1 aromatic rings. The van der Waals surface area contributed by atoms with Gasteiger partial charge in [0, 0.05) is 26.2 Å². The van der Waals surface area contributed by atoms with Crippen LogP contribution in [-0.2, 0) is 6.54 Å². The van der Waals surface area contributed by atoms with Crippen molar-refractivity contribution in [1.29, 1.82) is 0 Å². The van der Waals surface area contributed by atoms with Gasteiger partial charge in [-0.1, -0.05) is 49.6 Å². The zero-order valence-corrected chi connectivity index (χ0v) is 15.8. The van der Waals surface area contributed by atoms with E-state index in [4.69, 9.17) is 0 Å². The summed E-state index contributed by atoms with van der Waals surface area (Å²) >= 11 is 0. The predicted molar refractivity (Wildman–Crippen MR) is 104 cm³/mol. The average Bonchev–Trinajstić information content (AvgIpc) is 3.09. The molecule has 1 saturated carbocycles. The number of hydrogen-bond acceptors (Lipinski definition) is 3. The molecule has 1 unspecified atom stereocenters. The van der Waals surface area contributed by atoms with E-state index in [9.17, 15) is 9.90 Å². The molecular formula is C21H33N3O2. The van der Waals surface area contributed by atoms with Gasteiger partial charge in [-0.2, -0.15) is 0 Å². The Morgan fingerprint density at radius 3 is 2.69 bits per heavy atom. The average molecular weight is 360 g/mol. The van der Waals surface area contributed by atoms with Gasteiger partial charge in [0.05, 0.1) is 5.60 Å². The minimum atomic E-state index is -0.695. The normalized spacial score (nSPS) is 22.9. The van der Waals surface area contributed by atoms with Gasteiger partial charge in [0.1, 0.15) is 0 Å². The first-order valence-corrected chi connectivity index (χ1v) is 10.1. The number of nitrogens with zero attached hydrogens (tertiary/aromatic N) is 1. The highest BCUT2D eigenvalue weighted by Gasteiger charge is 2.29. The molecule has 144 valence electrons. The first kappa shape index (κ1) is 19.2. The van der Waals surface area contributed by atoms with Crippen molar-refractivity contribution in [2.75, 3.05) is 26.2 Å². The second-order valence-electron chi connectivity index (χ2n) is 8.06. The molecule has 5 heteroatoms. The van der Waals surface area contributed by atoms with Crippen molar-refractivity contribution in [2.24, 2.45) is 5.92 Å². The molecule has 3 rings (SSSR count). The summed E-state index contributed by atoms with van der Waals surface area (Å²) in [4.78, 5) is 14.5. The Labute approximate surface area is 157 Å². The number of amides is 2. The van der Waals surface area contributed by atoms with E-state index in [-0.39, 0.29) is 6.03 Å². The van der Waals surface area contributed by atoms with E-state index in [0.29, 0.717) is 19.0 Å². The number of aliphatic hydroxyl groups is 1. The van der Waals surface area contributed by atoms with Gasteiger partial charge in [-0.15, -0.1) is 0 Å². The Hall–Kier alpha value is -1.59. The zero-order valence-electron chi connectivity index (χ0n) is 15.8. The fourth-order valence-corrected chi connectivity index (χ4v) is 4.22. The highest BCUT2D eigenvalue weighted by molar-refractivity contribution is 5.73. The zero-order chi connectivity index (χ0) is 18.2. The van der Waals surface area contributed by atoms with Gasteiger partial charge in [0.15, 0.2) is 0 Å². The molecule has 0 bridgehead atoms. The van der Waals surface area contributed by atoms with E-state index in [2.05, 4.69) is 45.9 Å². The van der Waals surface area contributed by atoms with Gasteiger partial charge in [0.25, 0.3) is 0 Å². The van der Waals surface area contributed by atoms with E-state index < -0.39 is 5.60 Å². The van der Waals surface area contributed by atoms with Crippen molar-refractivity contribution in [3.63, 3.8) is 0 Å². The molecule has 1 saturated heterocycles. The molecule has 2 aliphatic rings. The maximum Gasteiger partial charge on any atom is 0.314 e. The van der Waals surface area contributed by atoms with Crippen LogP contribution in [-0.4, -0.2) is 47.8 Å². The Morgan fingerprint density at radius 2 is 1.92 bits per heavy atom. The third-order valence-corrected chi connectivity index (χ3v) is 5.82. The van der Waals surface area contributed by atoms with Gasteiger partial charge >= 0.3 is 6.03 Å². The topological polar surface area (TPSA) is 64.6 Å². The van der Waals surface area contributed by atoms with Crippen LogP contribution in [0.5, 0.6) is 0 Å². The van der Waals surface area contributed by atoms with E-state index in [1.165, 1.54) is 18.4 Å². The number of nitrogens with one attached hydrogen (secondary N) is 2. The van der Waals surface area contributed by atoms with Crippen LogP contribution in [0.25, 0.3) is 0 Å². The summed E-state index contributed by atoms with van der Waals surface area (Å²) in [7, 11) is 0. The molecule has 3 N–H and O–H groups in total. The summed E-state index contributed by atoms with van der Waals surface area (Å²) in [5.41, 5.74) is 0.671. The molecule has 1 heterocycles. The number of benzene rings is 1. The van der Waals surface area contributed by atoms with Gasteiger partial charge in [0.2, 0.25) is 0 Å². The summed E-state index contributed by atoms with van der Waals surface area (Å²) in [5.74, 6) is 0.654. The Morgan fingerprint density at radius 1 is 1.15 bits per heavy atom. The Kier molecular flexibility index (Phi) is 6.92. The summed E-state index contributed by atoms with van der Waals surface area (Å²) in [6, 6.07) is 10.5. The smallest absolute Gasteiger partial charge is 0.314 e. The molecule has 0 aromatic heterocycles. The van der Waals surface area contributed by atoms with Crippen molar-refractivity contribution >= 4 is 6.03 Å². The molecule has 1 aliphatic carbocycles. The molecule has 2 amide bonds. The van der Waals surface area contributed by atoms with Gasteiger partial charge in [-0.05, 0) is 43.7 Å². The van der Waals surface area contributed by atoms with Crippen molar-refractivity contribution < 1.29 is 9.90 Å². The monoisotopic (exact) mass is 359 g/mol. The highest BCUT2D eigenvalue weighted by Crippen LogP contribution is 2.27. The molecule has 2 fully saturated rings. The molecule has 0 radical (unpaired) electrons. The molecule has 1 atom stereocenters. The van der Waals surface area contributed by atoms with Crippen LogP contribution in [0.1, 0.15) is 50.5 Å². The lowest BCUT2D eigenvalue weighted by molar-refractivity contribution is 0.00719. The minimum Gasteiger partial charge on any atom is -0.388 e. The maximum absolute atomic E-state index is 12.0. The third kappa shape index (κ3) is 5.99. The molecule has 26 heavy (non-hydrogen) atoms. The number of hydrogen-bond donors (Lipinski definition) is 3. The van der Waals surface area contributed by atoms with Crippen LogP contribution >= 0.6 is 0 Å².